The summed E-state index contributed by atoms with van der Waals surface area (Å²) in [5, 5.41) is 2.89. The van der Waals surface area contributed by atoms with E-state index in [1.54, 1.807) is 49.4 Å². The summed E-state index contributed by atoms with van der Waals surface area (Å²) in [6, 6.07) is 21.7. The van der Waals surface area contributed by atoms with Crippen LogP contribution in [0.1, 0.15) is 37.8 Å². The minimum absolute atomic E-state index is 0.0876. The molecule has 7 nitrogen and oxygen atoms in total. The molecule has 0 aliphatic rings. The van der Waals surface area contributed by atoms with E-state index in [4.69, 9.17) is 0 Å². The van der Waals surface area contributed by atoms with Gasteiger partial charge in [0.05, 0.1) is 10.6 Å². The molecule has 2 amide bonds. The molecule has 0 aliphatic carbocycles. The lowest BCUT2D eigenvalue weighted by atomic mass is 10.1. The minimum Gasteiger partial charge on any atom is -0.354 e. The molecule has 0 bridgehead atoms. The maximum atomic E-state index is 13.8. The molecule has 202 valence electrons. The summed E-state index contributed by atoms with van der Waals surface area (Å²) in [7, 11) is -4.06. The Labute approximate surface area is 234 Å². The summed E-state index contributed by atoms with van der Waals surface area (Å²) >= 11 is 3.42. The number of halogens is 1. The third-order valence-corrected chi connectivity index (χ3v) is 8.51. The Balaban J connectivity index is 1.96. The van der Waals surface area contributed by atoms with Gasteiger partial charge < -0.3 is 10.2 Å². The Bertz CT molecular complexity index is 1310. The van der Waals surface area contributed by atoms with Crippen molar-refractivity contribution in [1.82, 2.24) is 10.2 Å². The predicted octanol–water partition coefficient (Wildman–Crippen LogP) is 5.29. The summed E-state index contributed by atoms with van der Waals surface area (Å²) in [5.74, 6) is -0.762. The maximum absolute atomic E-state index is 13.8. The number of aryl methyl sites for hydroxylation is 1. The smallest absolute Gasteiger partial charge is 0.264 e. The van der Waals surface area contributed by atoms with E-state index in [1.807, 2.05) is 38.1 Å². The number of carbonyl (C=O) groups is 2. The number of amides is 2. The minimum atomic E-state index is -4.06. The molecular weight excluding hydrogens is 566 g/mol. The van der Waals surface area contributed by atoms with Crippen molar-refractivity contribution in [2.24, 2.45) is 0 Å². The van der Waals surface area contributed by atoms with Crippen molar-refractivity contribution < 1.29 is 18.0 Å². The monoisotopic (exact) mass is 599 g/mol. The van der Waals surface area contributed by atoms with E-state index in [0.717, 1.165) is 32.7 Å². The highest BCUT2D eigenvalue weighted by Gasteiger charge is 2.32. The lowest BCUT2D eigenvalue weighted by Gasteiger charge is -2.32. The molecule has 0 spiro atoms. The van der Waals surface area contributed by atoms with Crippen LogP contribution in [0.25, 0.3) is 0 Å². The summed E-state index contributed by atoms with van der Waals surface area (Å²) < 4.78 is 29.5. The zero-order chi connectivity index (χ0) is 27.7. The number of anilines is 1. The van der Waals surface area contributed by atoms with Crippen molar-refractivity contribution in [3.63, 3.8) is 0 Å². The fourth-order valence-electron chi connectivity index (χ4n) is 3.87. The zero-order valence-electron chi connectivity index (χ0n) is 21.9. The molecule has 0 aromatic heterocycles. The second kappa shape index (κ2) is 13.6. The summed E-state index contributed by atoms with van der Waals surface area (Å²) in [6.07, 6.45) is 1.76. The molecule has 1 unspecified atom stereocenters. The van der Waals surface area contributed by atoms with Gasteiger partial charge in [0.2, 0.25) is 11.8 Å². The Morgan fingerprint density at radius 2 is 1.58 bits per heavy atom. The average molecular weight is 601 g/mol. The van der Waals surface area contributed by atoms with Crippen LogP contribution in [0.4, 0.5) is 5.69 Å². The maximum Gasteiger partial charge on any atom is 0.264 e. The zero-order valence-corrected chi connectivity index (χ0v) is 24.3. The van der Waals surface area contributed by atoms with Gasteiger partial charge in [0.15, 0.2) is 0 Å². The van der Waals surface area contributed by atoms with E-state index in [1.165, 1.54) is 17.0 Å². The van der Waals surface area contributed by atoms with Crippen LogP contribution in [0.2, 0.25) is 0 Å². The number of unbranched alkanes of at least 4 members (excludes halogenated alkanes) is 1. The molecule has 3 rings (SSSR count). The molecule has 0 saturated carbocycles. The second-order valence-electron chi connectivity index (χ2n) is 9.13. The third-order valence-electron chi connectivity index (χ3n) is 6.20. The van der Waals surface area contributed by atoms with Crippen LogP contribution in [0.5, 0.6) is 0 Å². The lowest BCUT2D eigenvalue weighted by molar-refractivity contribution is -0.139. The van der Waals surface area contributed by atoms with Gasteiger partial charge in [0, 0.05) is 17.6 Å². The number of para-hydroxylation sites is 1. The first-order valence-corrected chi connectivity index (χ1v) is 14.8. The first kappa shape index (κ1) is 29.4. The van der Waals surface area contributed by atoms with Gasteiger partial charge in [-0.25, -0.2) is 8.42 Å². The van der Waals surface area contributed by atoms with Crippen LogP contribution in [0.15, 0.2) is 88.2 Å². The third kappa shape index (κ3) is 7.68. The highest BCUT2D eigenvalue weighted by Crippen LogP contribution is 2.25. The number of rotatable bonds is 12. The van der Waals surface area contributed by atoms with E-state index in [9.17, 15) is 18.0 Å². The van der Waals surface area contributed by atoms with Crippen LogP contribution in [-0.4, -0.2) is 44.3 Å². The van der Waals surface area contributed by atoms with E-state index >= 15 is 0 Å². The molecule has 3 aromatic carbocycles. The molecule has 0 heterocycles. The van der Waals surface area contributed by atoms with Gasteiger partial charge in [-0.2, -0.15) is 0 Å². The quantitative estimate of drug-likeness (QED) is 0.287. The largest absolute Gasteiger partial charge is 0.354 e. The van der Waals surface area contributed by atoms with Gasteiger partial charge in [-0.05, 0) is 62.2 Å². The van der Waals surface area contributed by atoms with Crippen molar-refractivity contribution in [3.05, 3.63) is 94.5 Å². The predicted molar refractivity (Wildman–Crippen MR) is 154 cm³/mol. The van der Waals surface area contributed by atoms with E-state index < -0.39 is 28.5 Å². The van der Waals surface area contributed by atoms with E-state index in [2.05, 4.69) is 21.2 Å². The Hall–Kier alpha value is -3.17. The van der Waals surface area contributed by atoms with Crippen LogP contribution in [0.3, 0.4) is 0 Å². The molecule has 0 saturated heterocycles. The van der Waals surface area contributed by atoms with Crippen molar-refractivity contribution in [1.29, 1.82) is 0 Å². The van der Waals surface area contributed by atoms with Crippen LogP contribution < -0.4 is 9.62 Å². The molecule has 1 N–H and O–H groups in total. The van der Waals surface area contributed by atoms with Gasteiger partial charge in [-0.3, -0.25) is 13.9 Å². The van der Waals surface area contributed by atoms with E-state index in [-0.39, 0.29) is 17.3 Å². The normalized spacial score (nSPS) is 12.0. The molecule has 0 fully saturated rings. The number of benzene rings is 3. The molecule has 0 aliphatic heterocycles. The standard InChI is InChI=1S/C29H34BrN3O4S/c1-4-5-19-31-29(35)23(3)32(20-24-13-15-25(30)16-14-24)28(34)21-33(26-9-7-6-8-10-26)38(36,37)27-17-11-22(2)12-18-27/h6-18,23H,4-5,19-21H2,1-3H3,(H,31,35). The summed E-state index contributed by atoms with van der Waals surface area (Å²) in [6.45, 7) is 5.79. The molecule has 1 atom stereocenters. The second-order valence-corrected chi connectivity index (χ2v) is 11.9. The number of sulfonamides is 1. The first-order valence-electron chi connectivity index (χ1n) is 12.6. The van der Waals surface area contributed by atoms with Crippen molar-refractivity contribution in [3.8, 4) is 0 Å². The highest BCUT2D eigenvalue weighted by molar-refractivity contribution is 9.10. The number of hydrogen-bond acceptors (Lipinski definition) is 4. The first-order chi connectivity index (χ1) is 18.1. The van der Waals surface area contributed by atoms with Gasteiger partial charge in [0.1, 0.15) is 12.6 Å². The molecular formula is C29H34BrN3O4S. The van der Waals surface area contributed by atoms with Crippen LogP contribution in [-0.2, 0) is 26.2 Å². The number of hydrogen-bond donors (Lipinski definition) is 1. The number of nitrogens with one attached hydrogen (secondary N) is 1. The Kier molecular flexibility index (Phi) is 10.5. The van der Waals surface area contributed by atoms with E-state index in [0.29, 0.717) is 12.2 Å². The summed E-state index contributed by atoms with van der Waals surface area (Å²) in [4.78, 5) is 28.3. The van der Waals surface area contributed by atoms with Gasteiger partial charge >= 0.3 is 0 Å². The average Bonchev–Trinajstić information content (AvgIpc) is 2.91. The van der Waals surface area contributed by atoms with Crippen molar-refractivity contribution >= 4 is 43.5 Å². The fraction of sp³-hybridized carbons (Fsp3) is 0.310. The molecule has 0 radical (unpaired) electrons. The molecule has 38 heavy (non-hydrogen) atoms. The Morgan fingerprint density at radius 1 is 0.947 bits per heavy atom. The topological polar surface area (TPSA) is 86.8 Å². The molecule has 3 aromatic rings. The van der Waals surface area contributed by atoms with Gasteiger partial charge in [-0.1, -0.05) is 77.3 Å². The number of carbonyl (C=O) groups excluding carboxylic acids is 2. The summed E-state index contributed by atoms with van der Waals surface area (Å²) in [5.41, 5.74) is 2.11. The lowest BCUT2D eigenvalue weighted by Crippen LogP contribution is -2.51. The molecule has 9 heteroatoms. The fourth-order valence-corrected chi connectivity index (χ4v) is 5.54. The van der Waals surface area contributed by atoms with Crippen LogP contribution in [0, 0.1) is 6.92 Å². The highest BCUT2D eigenvalue weighted by atomic mass is 79.9. The van der Waals surface area contributed by atoms with Crippen molar-refractivity contribution in [2.45, 2.75) is 51.1 Å². The number of nitrogens with zero attached hydrogens (tertiary/aromatic N) is 2. The van der Waals surface area contributed by atoms with Gasteiger partial charge in [-0.15, -0.1) is 0 Å². The van der Waals surface area contributed by atoms with Crippen molar-refractivity contribution in [2.75, 3.05) is 17.4 Å². The Morgan fingerprint density at radius 3 is 2.18 bits per heavy atom. The van der Waals surface area contributed by atoms with Gasteiger partial charge in [0.25, 0.3) is 10.0 Å². The SMILES string of the molecule is CCCCNC(=O)C(C)N(Cc1ccc(Br)cc1)C(=O)CN(c1ccccc1)S(=O)(=O)c1ccc(C)cc1. The van der Waals surface area contributed by atoms with Crippen LogP contribution >= 0.6 is 15.9 Å².